The first kappa shape index (κ1) is 19.6. The van der Waals surface area contributed by atoms with Crippen LogP contribution in [0.15, 0.2) is 59.6 Å². The summed E-state index contributed by atoms with van der Waals surface area (Å²) in [6.45, 7) is 1.97. The van der Waals surface area contributed by atoms with Crippen LogP contribution in [0.1, 0.15) is 41.9 Å². The summed E-state index contributed by atoms with van der Waals surface area (Å²) in [6.07, 6.45) is 2.96. The molecule has 0 N–H and O–H groups in total. The molecule has 31 heavy (non-hydrogen) atoms. The van der Waals surface area contributed by atoms with E-state index in [2.05, 4.69) is 22.1 Å². The number of carbonyl (C=O) groups is 1. The van der Waals surface area contributed by atoms with Crippen molar-refractivity contribution >= 4 is 17.2 Å². The zero-order valence-electron chi connectivity index (χ0n) is 17.3. The Morgan fingerprint density at radius 1 is 1.10 bits per heavy atom. The van der Waals surface area contributed by atoms with Gasteiger partial charge in [0.2, 0.25) is 11.7 Å². The van der Waals surface area contributed by atoms with Crippen molar-refractivity contribution < 1.29 is 4.79 Å². The molecule has 0 radical (unpaired) electrons. The number of hydrogen-bond acceptors (Lipinski definition) is 6. The molecule has 1 aliphatic rings. The Hall–Kier alpha value is -3.39. The van der Waals surface area contributed by atoms with Crippen LogP contribution in [0, 0.1) is 6.92 Å². The van der Waals surface area contributed by atoms with Crippen molar-refractivity contribution in [1.29, 1.82) is 0 Å². The van der Waals surface area contributed by atoms with Gasteiger partial charge in [0.15, 0.2) is 0 Å². The maximum absolute atomic E-state index is 12.6. The molecule has 1 amide bonds. The van der Waals surface area contributed by atoms with Crippen molar-refractivity contribution in [3.63, 3.8) is 0 Å². The molecule has 0 spiro atoms. The highest BCUT2D eigenvalue weighted by molar-refractivity contribution is 7.07. The average molecular weight is 431 g/mol. The van der Waals surface area contributed by atoms with Crippen LogP contribution in [0.25, 0.3) is 17.2 Å². The van der Waals surface area contributed by atoms with Gasteiger partial charge in [-0.05, 0) is 31.0 Å². The van der Waals surface area contributed by atoms with Gasteiger partial charge in [-0.15, -0.1) is 16.4 Å². The number of rotatable bonds is 4. The standard InChI is InChI=1S/C23H22N6OS/c1-15-19(9-6-12-24-15)29-23(26-22(27-29)18-13-31-14-25-18)17-10-11-20(30)28(2)21(17)16-7-4-3-5-8-16/h3-9,12-14,17,21H,10-11H2,1-2H3. The number of aromatic nitrogens is 5. The SMILES string of the molecule is Cc1ncccc1-n1nc(-c2cscn2)nc1C1CCC(=O)N(C)C1c1ccccc1. The number of likely N-dealkylation sites (N-methyl/N-ethyl adjacent to an activating group) is 1. The number of nitrogens with zero attached hydrogens (tertiary/aromatic N) is 6. The minimum Gasteiger partial charge on any atom is -0.338 e. The second-order valence-electron chi connectivity index (χ2n) is 7.69. The minimum absolute atomic E-state index is 0.00964. The van der Waals surface area contributed by atoms with E-state index in [0.29, 0.717) is 18.7 Å². The zero-order chi connectivity index (χ0) is 21.4. The molecule has 0 saturated carbocycles. The van der Waals surface area contributed by atoms with Gasteiger partial charge >= 0.3 is 0 Å². The Morgan fingerprint density at radius 3 is 2.68 bits per heavy atom. The van der Waals surface area contributed by atoms with Crippen LogP contribution in [0.5, 0.6) is 0 Å². The lowest BCUT2D eigenvalue weighted by atomic mass is 9.84. The number of hydrogen-bond donors (Lipinski definition) is 0. The molecule has 0 bridgehead atoms. The fourth-order valence-electron chi connectivity index (χ4n) is 4.29. The molecule has 3 aromatic heterocycles. The van der Waals surface area contributed by atoms with Crippen LogP contribution in [0.4, 0.5) is 0 Å². The molecule has 2 unspecified atom stereocenters. The van der Waals surface area contributed by atoms with E-state index >= 15 is 0 Å². The lowest BCUT2D eigenvalue weighted by Gasteiger charge is -2.39. The van der Waals surface area contributed by atoms with Crippen molar-refractivity contribution in [1.82, 2.24) is 29.6 Å². The van der Waals surface area contributed by atoms with E-state index in [4.69, 9.17) is 10.1 Å². The van der Waals surface area contributed by atoms with Crippen LogP contribution in [0.3, 0.4) is 0 Å². The quantitative estimate of drug-likeness (QED) is 0.486. The first-order valence-corrected chi connectivity index (χ1v) is 11.2. The summed E-state index contributed by atoms with van der Waals surface area (Å²) in [5.74, 6) is 1.55. The topological polar surface area (TPSA) is 76.8 Å². The van der Waals surface area contributed by atoms with Crippen LogP contribution in [-0.2, 0) is 4.79 Å². The third kappa shape index (κ3) is 3.53. The number of aryl methyl sites for hydroxylation is 1. The molecular formula is C23H22N6OS. The highest BCUT2D eigenvalue weighted by Gasteiger charge is 2.39. The van der Waals surface area contributed by atoms with Crippen molar-refractivity contribution in [2.75, 3.05) is 7.05 Å². The van der Waals surface area contributed by atoms with Crippen LogP contribution < -0.4 is 0 Å². The monoisotopic (exact) mass is 430 g/mol. The van der Waals surface area contributed by atoms with Crippen molar-refractivity contribution in [2.24, 2.45) is 0 Å². The van der Waals surface area contributed by atoms with Gasteiger partial charge < -0.3 is 4.90 Å². The van der Waals surface area contributed by atoms with E-state index in [0.717, 1.165) is 28.5 Å². The summed E-state index contributed by atoms with van der Waals surface area (Å²) in [7, 11) is 1.88. The zero-order valence-corrected chi connectivity index (χ0v) is 18.2. The predicted molar refractivity (Wildman–Crippen MR) is 119 cm³/mol. The molecule has 1 fully saturated rings. The molecule has 7 nitrogen and oxygen atoms in total. The molecule has 0 aliphatic carbocycles. The first-order chi connectivity index (χ1) is 15.1. The molecule has 1 saturated heterocycles. The molecule has 1 aromatic carbocycles. The minimum atomic E-state index is -0.120. The number of thiazole rings is 1. The summed E-state index contributed by atoms with van der Waals surface area (Å²) in [6, 6.07) is 13.9. The number of amides is 1. The van der Waals surface area contributed by atoms with Crippen LogP contribution in [0.2, 0.25) is 0 Å². The lowest BCUT2D eigenvalue weighted by Crippen LogP contribution is -2.40. The Balaban J connectivity index is 1.69. The van der Waals surface area contributed by atoms with Gasteiger partial charge in [-0.1, -0.05) is 30.3 Å². The predicted octanol–water partition coefficient (Wildman–Crippen LogP) is 4.17. The van der Waals surface area contributed by atoms with E-state index in [1.807, 2.05) is 59.3 Å². The van der Waals surface area contributed by atoms with Gasteiger partial charge in [-0.25, -0.2) is 14.6 Å². The third-order valence-corrected chi connectivity index (χ3v) is 6.42. The van der Waals surface area contributed by atoms with Gasteiger partial charge in [-0.2, -0.15) is 0 Å². The van der Waals surface area contributed by atoms with Crippen LogP contribution in [-0.4, -0.2) is 42.6 Å². The van der Waals surface area contributed by atoms with E-state index in [-0.39, 0.29) is 17.9 Å². The molecular weight excluding hydrogens is 408 g/mol. The highest BCUT2D eigenvalue weighted by atomic mass is 32.1. The van der Waals surface area contributed by atoms with E-state index in [1.54, 1.807) is 11.7 Å². The number of piperidine rings is 1. The van der Waals surface area contributed by atoms with Crippen molar-refractivity contribution in [3.8, 4) is 17.2 Å². The van der Waals surface area contributed by atoms with Gasteiger partial charge in [0.1, 0.15) is 11.5 Å². The first-order valence-electron chi connectivity index (χ1n) is 10.2. The molecule has 2 atom stereocenters. The summed E-state index contributed by atoms with van der Waals surface area (Å²) < 4.78 is 1.89. The Morgan fingerprint density at radius 2 is 1.94 bits per heavy atom. The summed E-state index contributed by atoms with van der Waals surface area (Å²) >= 11 is 1.52. The fraction of sp³-hybridized carbons (Fsp3) is 0.261. The van der Waals surface area contributed by atoms with Gasteiger partial charge in [0, 0.05) is 31.0 Å². The van der Waals surface area contributed by atoms with E-state index < -0.39 is 0 Å². The maximum Gasteiger partial charge on any atom is 0.222 e. The maximum atomic E-state index is 12.6. The second kappa shape index (κ2) is 8.03. The molecule has 4 heterocycles. The van der Waals surface area contributed by atoms with Crippen molar-refractivity contribution in [2.45, 2.75) is 31.7 Å². The number of carbonyl (C=O) groups excluding carboxylic acids is 1. The Kier molecular flexibility index (Phi) is 5.07. The van der Waals surface area contributed by atoms with Gasteiger partial charge in [0.25, 0.3) is 0 Å². The lowest BCUT2D eigenvalue weighted by molar-refractivity contribution is -0.135. The average Bonchev–Trinajstić information content (AvgIpc) is 3.47. The number of pyridine rings is 1. The molecule has 4 aromatic rings. The van der Waals surface area contributed by atoms with Crippen molar-refractivity contribution in [3.05, 3.63) is 76.6 Å². The van der Waals surface area contributed by atoms with Gasteiger partial charge in [0.05, 0.1) is 22.9 Å². The normalized spacial score (nSPS) is 19.0. The molecule has 5 rings (SSSR count). The van der Waals surface area contributed by atoms with E-state index in [1.165, 1.54) is 11.3 Å². The fourth-order valence-corrected chi connectivity index (χ4v) is 4.82. The van der Waals surface area contributed by atoms with E-state index in [9.17, 15) is 4.79 Å². The third-order valence-electron chi connectivity index (χ3n) is 5.83. The molecule has 1 aliphatic heterocycles. The second-order valence-corrected chi connectivity index (χ2v) is 8.41. The Bertz CT molecular complexity index is 1200. The largest absolute Gasteiger partial charge is 0.338 e. The Labute approximate surface area is 184 Å². The number of likely N-dealkylation sites (tertiary alicyclic amines) is 1. The van der Waals surface area contributed by atoms with Crippen LogP contribution >= 0.6 is 11.3 Å². The summed E-state index contributed by atoms with van der Waals surface area (Å²) in [4.78, 5) is 28.3. The summed E-state index contributed by atoms with van der Waals surface area (Å²) in [5, 5.41) is 6.79. The smallest absolute Gasteiger partial charge is 0.222 e. The van der Waals surface area contributed by atoms with Gasteiger partial charge in [-0.3, -0.25) is 9.78 Å². The number of benzene rings is 1. The molecule has 156 valence electrons. The highest BCUT2D eigenvalue weighted by Crippen LogP contribution is 2.42. The molecule has 8 heteroatoms. The summed E-state index contributed by atoms with van der Waals surface area (Å²) in [5.41, 5.74) is 5.39.